The third-order valence-corrected chi connectivity index (χ3v) is 9.48. The standard InChI is InChI=1S/C29H36N4O2S2/c34-22-10-6-8-20-24(22)26(18-12-16-36-28(18)32-20)30-14-4-2-1-3-5-15-31-27-19-13-17-37-29(19)33-21-9-7-11-23(35)25(21)27/h12-13,16-17,22-23,34-35H,1-11,14-15H2,(H,30,32)(H,31,33). The number of aliphatic hydroxyl groups is 2. The molecule has 4 heterocycles. The fourth-order valence-corrected chi connectivity index (χ4v) is 7.59. The molecular weight excluding hydrogens is 500 g/mol. The van der Waals surface area contributed by atoms with Crippen molar-refractivity contribution < 1.29 is 10.2 Å². The van der Waals surface area contributed by atoms with Gasteiger partial charge in [-0.2, -0.15) is 0 Å². The summed E-state index contributed by atoms with van der Waals surface area (Å²) in [5.41, 5.74) is 6.44. The molecule has 0 radical (unpaired) electrons. The predicted octanol–water partition coefficient (Wildman–Crippen LogP) is 7.12. The summed E-state index contributed by atoms with van der Waals surface area (Å²) in [5.74, 6) is 0. The van der Waals surface area contributed by atoms with Crippen LogP contribution in [0.3, 0.4) is 0 Å². The molecule has 8 heteroatoms. The highest BCUT2D eigenvalue weighted by molar-refractivity contribution is 7.17. The molecule has 0 spiro atoms. The van der Waals surface area contributed by atoms with E-state index < -0.39 is 12.2 Å². The Labute approximate surface area is 226 Å². The molecule has 2 aliphatic carbocycles. The molecule has 2 unspecified atom stereocenters. The Kier molecular flexibility index (Phi) is 7.60. The van der Waals surface area contributed by atoms with Crippen molar-refractivity contribution in [2.24, 2.45) is 0 Å². The maximum absolute atomic E-state index is 10.7. The molecule has 0 amide bonds. The van der Waals surface area contributed by atoms with Crippen molar-refractivity contribution in [2.75, 3.05) is 23.7 Å². The van der Waals surface area contributed by atoms with Crippen molar-refractivity contribution in [2.45, 2.75) is 82.8 Å². The number of anilines is 2. The molecule has 0 saturated carbocycles. The van der Waals surface area contributed by atoms with Crippen LogP contribution < -0.4 is 10.6 Å². The molecule has 6 nitrogen and oxygen atoms in total. The maximum Gasteiger partial charge on any atom is 0.125 e. The van der Waals surface area contributed by atoms with E-state index in [-0.39, 0.29) is 0 Å². The largest absolute Gasteiger partial charge is 0.388 e. The highest BCUT2D eigenvalue weighted by Gasteiger charge is 2.26. The molecular formula is C29H36N4O2S2. The summed E-state index contributed by atoms with van der Waals surface area (Å²) >= 11 is 3.36. The minimum atomic E-state index is -0.405. The van der Waals surface area contributed by atoms with Crippen molar-refractivity contribution in [1.82, 2.24) is 9.97 Å². The van der Waals surface area contributed by atoms with E-state index in [4.69, 9.17) is 9.97 Å². The number of nitrogens with zero attached hydrogens (tertiary/aromatic N) is 2. The Morgan fingerprint density at radius 3 is 1.65 bits per heavy atom. The first kappa shape index (κ1) is 25.0. The normalized spacial score (nSPS) is 19.2. The minimum Gasteiger partial charge on any atom is -0.388 e. The van der Waals surface area contributed by atoms with Crippen molar-refractivity contribution in [3.05, 3.63) is 45.4 Å². The number of hydrogen-bond donors (Lipinski definition) is 4. The lowest BCUT2D eigenvalue weighted by Gasteiger charge is -2.25. The molecule has 4 N–H and O–H groups in total. The van der Waals surface area contributed by atoms with Crippen molar-refractivity contribution in [1.29, 1.82) is 0 Å². The first-order valence-electron chi connectivity index (χ1n) is 13.8. The topological polar surface area (TPSA) is 90.3 Å². The van der Waals surface area contributed by atoms with Crippen LogP contribution in [0.4, 0.5) is 11.4 Å². The van der Waals surface area contributed by atoms with Crippen LogP contribution in [0, 0.1) is 0 Å². The molecule has 2 aliphatic rings. The lowest BCUT2D eigenvalue weighted by molar-refractivity contribution is 0.156. The summed E-state index contributed by atoms with van der Waals surface area (Å²) < 4.78 is 0. The number of thiophene rings is 2. The number of aromatic nitrogens is 2. The molecule has 4 aromatic rings. The van der Waals surface area contributed by atoms with Gasteiger partial charge in [0.05, 0.1) is 23.6 Å². The van der Waals surface area contributed by atoms with E-state index in [1.165, 1.54) is 19.3 Å². The molecule has 4 aromatic heterocycles. The van der Waals surface area contributed by atoms with Gasteiger partial charge >= 0.3 is 0 Å². The number of rotatable bonds is 10. The number of unbranched alkanes of at least 4 members (excludes halogenated alkanes) is 4. The average Bonchev–Trinajstić information content (AvgIpc) is 3.56. The van der Waals surface area contributed by atoms with E-state index >= 15 is 0 Å². The Morgan fingerprint density at radius 1 is 0.703 bits per heavy atom. The second-order valence-corrected chi connectivity index (χ2v) is 12.2. The van der Waals surface area contributed by atoms with E-state index in [9.17, 15) is 10.2 Å². The molecule has 196 valence electrons. The first-order chi connectivity index (χ1) is 18.2. The van der Waals surface area contributed by atoms with Gasteiger partial charge < -0.3 is 20.8 Å². The lowest BCUT2D eigenvalue weighted by atomic mass is 9.91. The third kappa shape index (κ3) is 5.09. The van der Waals surface area contributed by atoms with Crippen LogP contribution >= 0.6 is 22.7 Å². The van der Waals surface area contributed by atoms with Crippen LogP contribution in [0.1, 0.15) is 92.5 Å². The molecule has 2 atom stereocenters. The van der Waals surface area contributed by atoms with Crippen LogP contribution in [-0.2, 0) is 12.8 Å². The molecule has 37 heavy (non-hydrogen) atoms. The number of aryl methyl sites for hydroxylation is 2. The van der Waals surface area contributed by atoms with E-state index in [1.54, 1.807) is 22.7 Å². The number of aliphatic hydroxyl groups excluding tert-OH is 2. The van der Waals surface area contributed by atoms with Gasteiger partial charge in [0.15, 0.2) is 0 Å². The smallest absolute Gasteiger partial charge is 0.125 e. The molecule has 0 aliphatic heterocycles. The highest BCUT2D eigenvalue weighted by atomic mass is 32.1. The maximum atomic E-state index is 10.7. The molecule has 0 saturated heterocycles. The van der Waals surface area contributed by atoms with Gasteiger partial charge in [-0.3, -0.25) is 0 Å². The van der Waals surface area contributed by atoms with Crippen LogP contribution in [0.25, 0.3) is 20.4 Å². The van der Waals surface area contributed by atoms with Crippen LogP contribution in [-0.4, -0.2) is 33.3 Å². The molecule has 0 bridgehead atoms. The summed E-state index contributed by atoms with van der Waals surface area (Å²) in [7, 11) is 0. The summed E-state index contributed by atoms with van der Waals surface area (Å²) in [6, 6.07) is 4.26. The van der Waals surface area contributed by atoms with Crippen LogP contribution in [0.5, 0.6) is 0 Å². The van der Waals surface area contributed by atoms with Crippen LogP contribution in [0.2, 0.25) is 0 Å². The number of fused-ring (bicyclic) bond motifs is 4. The van der Waals surface area contributed by atoms with E-state index in [0.717, 1.165) is 119 Å². The predicted molar refractivity (Wildman–Crippen MR) is 155 cm³/mol. The van der Waals surface area contributed by atoms with Crippen molar-refractivity contribution in [3.8, 4) is 0 Å². The first-order valence-corrected chi connectivity index (χ1v) is 15.6. The summed E-state index contributed by atoms with van der Waals surface area (Å²) in [4.78, 5) is 11.8. The molecule has 0 fully saturated rings. The zero-order chi connectivity index (χ0) is 25.2. The second kappa shape index (κ2) is 11.2. The Balaban J connectivity index is 0.981. The quantitative estimate of drug-likeness (QED) is 0.161. The number of pyridine rings is 2. The number of hydrogen-bond acceptors (Lipinski definition) is 8. The van der Waals surface area contributed by atoms with Gasteiger partial charge in [0, 0.05) is 46.4 Å². The minimum absolute atomic E-state index is 0.405. The SMILES string of the molecule is OC1CCCc2nc3sccc3c(NCCCCCCCNc3c4c(nc5sccc35)CCCC4O)c21. The average molecular weight is 537 g/mol. The number of nitrogens with one attached hydrogen (secondary N) is 2. The summed E-state index contributed by atoms with van der Waals surface area (Å²) in [5, 5.41) is 35.2. The fourth-order valence-electron chi connectivity index (χ4n) is 6.00. The van der Waals surface area contributed by atoms with Gasteiger partial charge in [-0.15, -0.1) is 22.7 Å². The van der Waals surface area contributed by atoms with Gasteiger partial charge in [-0.05, 0) is 74.3 Å². The zero-order valence-electron chi connectivity index (χ0n) is 21.3. The van der Waals surface area contributed by atoms with Crippen molar-refractivity contribution >= 4 is 54.5 Å². The molecule has 0 aromatic carbocycles. The van der Waals surface area contributed by atoms with Gasteiger partial charge in [-0.1, -0.05) is 19.3 Å². The van der Waals surface area contributed by atoms with Gasteiger partial charge in [-0.25, -0.2) is 9.97 Å². The highest BCUT2D eigenvalue weighted by Crippen LogP contribution is 2.41. The lowest BCUT2D eigenvalue weighted by Crippen LogP contribution is -2.15. The second-order valence-electron chi connectivity index (χ2n) is 10.4. The van der Waals surface area contributed by atoms with E-state index in [1.807, 2.05) is 0 Å². The summed E-state index contributed by atoms with van der Waals surface area (Å²) in [6.45, 7) is 1.84. The van der Waals surface area contributed by atoms with Crippen LogP contribution in [0.15, 0.2) is 22.9 Å². The summed E-state index contributed by atoms with van der Waals surface area (Å²) in [6.07, 6.45) is 10.6. The molecule has 6 rings (SSSR count). The third-order valence-electron chi connectivity index (χ3n) is 7.87. The van der Waals surface area contributed by atoms with Gasteiger partial charge in [0.25, 0.3) is 0 Å². The Morgan fingerprint density at radius 2 is 1.16 bits per heavy atom. The van der Waals surface area contributed by atoms with Crippen molar-refractivity contribution in [3.63, 3.8) is 0 Å². The van der Waals surface area contributed by atoms with Gasteiger partial charge in [0.2, 0.25) is 0 Å². The van der Waals surface area contributed by atoms with E-state index in [2.05, 4.69) is 33.5 Å². The fraction of sp³-hybridized carbons (Fsp3) is 0.517. The monoisotopic (exact) mass is 536 g/mol. The zero-order valence-corrected chi connectivity index (χ0v) is 22.9. The van der Waals surface area contributed by atoms with Gasteiger partial charge in [0.1, 0.15) is 9.66 Å². The Bertz CT molecular complexity index is 1280. The van der Waals surface area contributed by atoms with E-state index in [0.29, 0.717) is 0 Å². The Hall–Kier alpha value is -2.26.